The van der Waals surface area contributed by atoms with Crippen LogP contribution in [0.15, 0.2) is 48.8 Å². The highest BCUT2D eigenvalue weighted by molar-refractivity contribution is 5.88. The van der Waals surface area contributed by atoms with Crippen molar-refractivity contribution in [3.8, 4) is 11.3 Å². The Labute approximate surface area is 150 Å². The van der Waals surface area contributed by atoms with Gasteiger partial charge in [0.2, 0.25) is 5.91 Å². The predicted octanol–water partition coefficient (Wildman–Crippen LogP) is 2.19. The van der Waals surface area contributed by atoms with Crippen LogP contribution in [0.5, 0.6) is 0 Å². The van der Waals surface area contributed by atoms with Crippen molar-refractivity contribution in [3.63, 3.8) is 0 Å². The molecule has 2 atom stereocenters. The number of aryl methyl sites for hydroxylation is 1. The molecule has 0 aliphatic heterocycles. The summed E-state index contributed by atoms with van der Waals surface area (Å²) in [5.74, 6) is 0.285. The van der Waals surface area contributed by atoms with Gasteiger partial charge < -0.3 is 10.4 Å². The number of amides is 1. The van der Waals surface area contributed by atoms with E-state index >= 15 is 0 Å². The van der Waals surface area contributed by atoms with Crippen LogP contribution in [0.3, 0.4) is 0 Å². The highest BCUT2D eigenvalue weighted by Crippen LogP contribution is 2.33. The van der Waals surface area contributed by atoms with Crippen molar-refractivity contribution in [2.75, 3.05) is 5.32 Å². The first-order valence-electron chi connectivity index (χ1n) is 8.53. The second kappa shape index (κ2) is 6.68. The molecule has 1 aliphatic rings. The number of hydrogen-bond donors (Lipinski definition) is 2. The van der Waals surface area contributed by atoms with E-state index in [2.05, 4.69) is 26.7 Å². The van der Waals surface area contributed by atoms with E-state index in [1.165, 1.54) is 12.5 Å². The van der Waals surface area contributed by atoms with Crippen LogP contribution in [0.1, 0.15) is 30.5 Å². The molecule has 7 nitrogen and oxygen atoms in total. The number of aliphatic hydroxyl groups is 1. The first-order valence-corrected chi connectivity index (χ1v) is 8.53. The molecule has 1 aromatic carbocycles. The summed E-state index contributed by atoms with van der Waals surface area (Å²) in [5, 5.41) is 21.7. The monoisotopic (exact) mass is 349 g/mol. The zero-order chi connectivity index (χ0) is 18.1. The van der Waals surface area contributed by atoms with Crippen LogP contribution < -0.4 is 5.32 Å². The van der Waals surface area contributed by atoms with Gasteiger partial charge in [-0.3, -0.25) is 4.79 Å². The number of nitrogens with zero attached hydrogens (tertiary/aromatic N) is 4. The van der Waals surface area contributed by atoms with Crippen molar-refractivity contribution >= 4 is 11.7 Å². The topological polar surface area (TPSA) is 92.9 Å². The molecule has 2 heterocycles. The van der Waals surface area contributed by atoms with Crippen molar-refractivity contribution in [1.82, 2.24) is 20.0 Å². The zero-order valence-electron chi connectivity index (χ0n) is 14.3. The number of benzene rings is 1. The molecule has 0 spiro atoms. The minimum Gasteiger partial charge on any atom is -0.391 e. The molecule has 26 heavy (non-hydrogen) atoms. The number of carbonyl (C=O) groups excluding carboxylic acids is 1. The summed E-state index contributed by atoms with van der Waals surface area (Å²) in [5.41, 5.74) is 3.77. The highest BCUT2D eigenvalue weighted by atomic mass is 16.3. The normalized spacial score (nSPS) is 19.0. The van der Waals surface area contributed by atoms with E-state index in [9.17, 15) is 9.90 Å². The van der Waals surface area contributed by atoms with Gasteiger partial charge >= 0.3 is 0 Å². The van der Waals surface area contributed by atoms with Crippen LogP contribution in [0.2, 0.25) is 0 Å². The fraction of sp³-hybridized carbons (Fsp3) is 0.263. The lowest BCUT2D eigenvalue weighted by Gasteiger charge is -2.30. The van der Waals surface area contributed by atoms with E-state index in [-0.39, 0.29) is 11.9 Å². The smallest absolute Gasteiger partial charge is 0.222 e. The van der Waals surface area contributed by atoms with Crippen LogP contribution in [0.25, 0.3) is 11.3 Å². The maximum Gasteiger partial charge on any atom is 0.222 e. The van der Waals surface area contributed by atoms with Gasteiger partial charge in [0.25, 0.3) is 0 Å². The Morgan fingerprint density at radius 1 is 1.31 bits per heavy atom. The molecule has 0 unspecified atom stereocenters. The standard InChI is InChI=1S/C19H19N5O2/c1-12(25)21-18-10-14(8-9-20-18)16-11-24(23-22-16)19-15-5-3-2-4-13(15)6-7-17(19)26/h2-5,8-11,17,19,26H,6-7H2,1H3,(H,20,21,25)/t17-,19-/m0/s1. The van der Waals surface area contributed by atoms with Crippen molar-refractivity contribution in [1.29, 1.82) is 0 Å². The number of aromatic nitrogens is 4. The van der Waals surface area contributed by atoms with Crippen molar-refractivity contribution < 1.29 is 9.90 Å². The summed E-state index contributed by atoms with van der Waals surface area (Å²) in [6, 6.07) is 11.4. The summed E-state index contributed by atoms with van der Waals surface area (Å²) in [4.78, 5) is 15.3. The van der Waals surface area contributed by atoms with Gasteiger partial charge in [-0.25, -0.2) is 9.67 Å². The van der Waals surface area contributed by atoms with Crippen LogP contribution >= 0.6 is 0 Å². The largest absolute Gasteiger partial charge is 0.391 e. The van der Waals surface area contributed by atoms with Crippen LogP contribution in [-0.2, 0) is 11.2 Å². The minimum absolute atomic E-state index is 0.180. The number of anilines is 1. The van der Waals surface area contributed by atoms with Gasteiger partial charge in [0.05, 0.1) is 12.3 Å². The first kappa shape index (κ1) is 16.4. The van der Waals surface area contributed by atoms with E-state index in [1.54, 1.807) is 16.9 Å². The molecule has 0 saturated carbocycles. The Morgan fingerprint density at radius 3 is 3.00 bits per heavy atom. The van der Waals surface area contributed by atoms with Gasteiger partial charge in [-0.05, 0) is 36.1 Å². The Hall–Kier alpha value is -3.06. The molecule has 4 rings (SSSR count). The predicted molar refractivity (Wildman–Crippen MR) is 96.5 cm³/mol. The summed E-state index contributed by atoms with van der Waals surface area (Å²) in [6.45, 7) is 1.44. The first-order chi connectivity index (χ1) is 12.6. The van der Waals surface area contributed by atoms with E-state index in [0.29, 0.717) is 17.9 Å². The fourth-order valence-corrected chi connectivity index (χ4v) is 3.42. The van der Waals surface area contributed by atoms with E-state index < -0.39 is 6.10 Å². The Kier molecular flexibility index (Phi) is 4.22. The SMILES string of the molecule is CC(=O)Nc1cc(-c2cn([C@H]3c4ccccc4CC[C@@H]3O)nn2)ccn1. The highest BCUT2D eigenvalue weighted by Gasteiger charge is 2.30. The average molecular weight is 349 g/mol. The molecule has 0 radical (unpaired) electrons. The van der Waals surface area contributed by atoms with Crippen molar-refractivity contribution in [3.05, 3.63) is 59.9 Å². The molecule has 132 valence electrons. The molecule has 1 amide bonds. The molecule has 7 heteroatoms. The summed E-state index contributed by atoms with van der Waals surface area (Å²) in [6.07, 6.45) is 4.48. The Bertz CT molecular complexity index is 952. The average Bonchev–Trinajstić information content (AvgIpc) is 3.11. The quantitative estimate of drug-likeness (QED) is 0.756. The van der Waals surface area contributed by atoms with Gasteiger partial charge in [-0.1, -0.05) is 29.5 Å². The maximum atomic E-state index is 11.2. The molecule has 3 aromatic rings. The number of aliphatic hydroxyl groups excluding tert-OH is 1. The molecule has 0 fully saturated rings. The number of carbonyl (C=O) groups is 1. The molecular weight excluding hydrogens is 330 g/mol. The number of nitrogens with one attached hydrogen (secondary N) is 1. The lowest BCUT2D eigenvalue weighted by molar-refractivity contribution is -0.114. The lowest BCUT2D eigenvalue weighted by atomic mass is 9.86. The van der Waals surface area contributed by atoms with E-state index in [0.717, 1.165) is 17.5 Å². The van der Waals surface area contributed by atoms with Crippen molar-refractivity contribution in [2.45, 2.75) is 31.9 Å². The fourth-order valence-electron chi connectivity index (χ4n) is 3.42. The Balaban J connectivity index is 1.68. The van der Waals surface area contributed by atoms with Crippen LogP contribution in [0, 0.1) is 0 Å². The third-order valence-corrected chi connectivity index (χ3v) is 4.60. The number of hydrogen-bond acceptors (Lipinski definition) is 5. The molecule has 2 N–H and O–H groups in total. The second-order valence-electron chi connectivity index (χ2n) is 6.44. The van der Waals surface area contributed by atoms with Gasteiger partial charge in [-0.2, -0.15) is 0 Å². The van der Waals surface area contributed by atoms with Crippen LogP contribution in [0.4, 0.5) is 5.82 Å². The zero-order valence-corrected chi connectivity index (χ0v) is 14.3. The second-order valence-corrected chi connectivity index (χ2v) is 6.44. The summed E-state index contributed by atoms with van der Waals surface area (Å²) >= 11 is 0. The lowest BCUT2D eigenvalue weighted by Crippen LogP contribution is -2.30. The number of fused-ring (bicyclic) bond motifs is 1. The third-order valence-electron chi connectivity index (χ3n) is 4.60. The number of pyridine rings is 1. The van der Waals surface area contributed by atoms with Crippen molar-refractivity contribution in [2.24, 2.45) is 0 Å². The van der Waals surface area contributed by atoms with Gasteiger partial charge in [-0.15, -0.1) is 5.10 Å². The van der Waals surface area contributed by atoms with E-state index in [4.69, 9.17) is 0 Å². The van der Waals surface area contributed by atoms with Gasteiger partial charge in [0.15, 0.2) is 0 Å². The van der Waals surface area contributed by atoms with Gasteiger partial charge in [0.1, 0.15) is 17.6 Å². The molecule has 0 saturated heterocycles. The van der Waals surface area contributed by atoms with Gasteiger partial charge in [0, 0.05) is 18.7 Å². The van der Waals surface area contributed by atoms with Crippen LogP contribution in [-0.4, -0.2) is 37.1 Å². The van der Waals surface area contributed by atoms with E-state index in [1.807, 2.05) is 30.5 Å². The minimum atomic E-state index is -0.508. The molecule has 1 aliphatic carbocycles. The maximum absolute atomic E-state index is 11.2. The third kappa shape index (κ3) is 3.09. The summed E-state index contributed by atoms with van der Waals surface area (Å²) < 4.78 is 1.72. The molecule has 0 bridgehead atoms. The molecular formula is C19H19N5O2. The Morgan fingerprint density at radius 2 is 2.15 bits per heavy atom. The summed E-state index contributed by atoms with van der Waals surface area (Å²) in [7, 11) is 0. The molecule has 2 aromatic heterocycles. The number of rotatable bonds is 3.